The fraction of sp³-hybridized carbons (Fsp3) is 0.600. The van der Waals surface area contributed by atoms with E-state index in [1.807, 2.05) is 19.1 Å². The maximum atomic E-state index is 5.72. The molecule has 19 heavy (non-hydrogen) atoms. The van der Waals surface area contributed by atoms with Crippen molar-refractivity contribution >= 4 is 0 Å². The standard InChI is InChI=1S/C15H23NO3/c1-3-18-8-9-19-15-10-12(4-7-14(15)17-2)11-16-13-5-6-13/h4,7,10,13,16H,3,5-6,8-9,11H2,1-2H3. The molecule has 0 amide bonds. The first-order valence-electron chi connectivity index (χ1n) is 6.94. The van der Waals surface area contributed by atoms with Gasteiger partial charge in [0.2, 0.25) is 0 Å². The van der Waals surface area contributed by atoms with Crippen LogP contribution in [0.3, 0.4) is 0 Å². The van der Waals surface area contributed by atoms with Crippen LogP contribution in [-0.4, -0.2) is 33.0 Å². The monoisotopic (exact) mass is 265 g/mol. The molecule has 0 heterocycles. The molecule has 106 valence electrons. The summed E-state index contributed by atoms with van der Waals surface area (Å²) in [4.78, 5) is 0. The number of ether oxygens (including phenoxy) is 3. The zero-order chi connectivity index (χ0) is 13.5. The number of rotatable bonds is 9. The first-order valence-corrected chi connectivity index (χ1v) is 6.94. The van der Waals surface area contributed by atoms with Crippen molar-refractivity contribution in [2.24, 2.45) is 0 Å². The molecule has 1 fully saturated rings. The van der Waals surface area contributed by atoms with Crippen LogP contribution in [0.5, 0.6) is 11.5 Å². The predicted molar refractivity (Wildman–Crippen MR) is 74.8 cm³/mol. The van der Waals surface area contributed by atoms with Crippen molar-refractivity contribution in [2.45, 2.75) is 32.4 Å². The highest BCUT2D eigenvalue weighted by Crippen LogP contribution is 2.28. The van der Waals surface area contributed by atoms with Gasteiger partial charge in [-0.2, -0.15) is 0 Å². The summed E-state index contributed by atoms with van der Waals surface area (Å²) >= 11 is 0. The van der Waals surface area contributed by atoms with Gasteiger partial charge in [0.25, 0.3) is 0 Å². The van der Waals surface area contributed by atoms with E-state index in [9.17, 15) is 0 Å². The van der Waals surface area contributed by atoms with Crippen molar-refractivity contribution in [3.05, 3.63) is 23.8 Å². The molecule has 1 aliphatic carbocycles. The summed E-state index contributed by atoms with van der Waals surface area (Å²) in [6, 6.07) is 6.79. The summed E-state index contributed by atoms with van der Waals surface area (Å²) in [5.74, 6) is 1.56. The van der Waals surface area contributed by atoms with Crippen LogP contribution in [0.1, 0.15) is 25.3 Å². The second-order valence-electron chi connectivity index (χ2n) is 4.69. The minimum atomic E-state index is 0.545. The van der Waals surface area contributed by atoms with Crippen LogP contribution in [0.25, 0.3) is 0 Å². The quantitative estimate of drug-likeness (QED) is 0.696. The highest BCUT2D eigenvalue weighted by molar-refractivity contribution is 5.43. The minimum Gasteiger partial charge on any atom is -0.493 e. The lowest BCUT2D eigenvalue weighted by Gasteiger charge is -2.12. The molecule has 0 atom stereocenters. The zero-order valence-corrected chi connectivity index (χ0v) is 11.8. The Hall–Kier alpha value is -1.26. The lowest BCUT2D eigenvalue weighted by Crippen LogP contribution is -2.15. The van der Waals surface area contributed by atoms with Crippen LogP contribution in [0, 0.1) is 0 Å². The van der Waals surface area contributed by atoms with Crippen molar-refractivity contribution in [1.29, 1.82) is 0 Å². The molecule has 1 aliphatic rings. The SMILES string of the molecule is CCOCCOc1cc(CNC2CC2)ccc1OC. The van der Waals surface area contributed by atoms with Crippen molar-refractivity contribution in [3.63, 3.8) is 0 Å². The molecule has 0 radical (unpaired) electrons. The van der Waals surface area contributed by atoms with Gasteiger partial charge in [-0.15, -0.1) is 0 Å². The van der Waals surface area contributed by atoms with E-state index in [2.05, 4.69) is 11.4 Å². The first-order chi connectivity index (χ1) is 9.33. The van der Waals surface area contributed by atoms with Crippen LogP contribution in [0.15, 0.2) is 18.2 Å². The average molecular weight is 265 g/mol. The molecule has 0 unspecified atom stereocenters. The Bertz CT molecular complexity index is 391. The molecule has 0 aliphatic heterocycles. The van der Waals surface area contributed by atoms with Gasteiger partial charge in [-0.05, 0) is 37.5 Å². The first kappa shape index (κ1) is 14.2. The van der Waals surface area contributed by atoms with E-state index in [1.165, 1.54) is 18.4 Å². The fourth-order valence-electron chi connectivity index (χ4n) is 1.85. The van der Waals surface area contributed by atoms with Gasteiger partial charge in [-0.25, -0.2) is 0 Å². The topological polar surface area (TPSA) is 39.7 Å². The third-order valence-corrected chi connectivity index (χ3v) is 3.09. The lowest BCUT2D eigenvalue weighted by molar-refractivity contribution is 0.109. The Morgan fingerprint density at radius 2 is 2.05 bits per heavy atom. The van der Waals surface area contributed by atoms with Gasteiger partial charge in [0.1, 0.15) is 6.61 Å². The number of methoxy groups -OCH3 is 1. The van der Waals surface area contributed by atoms with Crippen molar-refractivity contribution in [3.8, 4) is 11.5 Å². The molecule has 0 saturated heterocycles. The lowest BCUT2D eigenvalue weighted by atomic mass is 10.2. The summed E-state index contributed by atoms with van der Waals surface area (Å²) in [5.41, 5.74) is 1.22. The molecular weight excluding hydrogens is 242 g/mol. The molecule has 0 bridgehead atoms. The molecule has 1 saturated carbocycles. The molecular formula is C15H23NO3. The van der Waals surface area contributed by atoms with Crippen molar-refractivity contribution in [2.75, 3.05) is 26.9 Å². The Morgan fingerprint density at radius 1 is 1.21 bits per heavy atom. The average Bonchev–Trinajstić information content (AvgIpc) is 3.26. The molecule has 4 nitrogen and oxygen atoms in total. The third-order valence-electron chi connectivity index (χ3n) is 3.09. The van der Waals surface area contributed by atoms with E-state index in [0.717, 1.165) is 18.0 Å². The van der Waals surface area contributed by atoms with Crippen molar-refractivity contribution in [1.82, 2.24) is 5.32 Å². The van der Waals surface area contributed by atoms with Crippen molar-refractivity contribution < 1.29 is 14.2 Å². The number of nitrogens with one attached hydrogen (secondary N) is 1. The van der Waals surface area contributed by atoms with E-state index in [-0.39, 0.29) is 0 Å². The summed E-state index contributed by atoms with van der Waals surface area (Å²) < 4.78 is 16.3. The fourth-order valence-corrected chi connectivity index (χ4v) is 1.85. The van der Waals surface area contributed by atoms with Gasteiger partial charge in [0.05, 0.1) is 13.7 Å². The molecule has 1 aromatic rings. The van der Waals surface area contributed by atoms with Gasteiger partial charge >= 0.3 is 0 Å². The second kappa shape index (κ2) is 7.36. The van der Waals surface area contributed by atoms with Gasteiger partial charge in [0, 0.05) is 19.2 Å². The maximum Gasteiger partial charge on any atom is 0.161 e. The van der Waals surface area contributed by atoms with Gasteiger partial charge in [0.15, 0.2) is 11.5 Å². The summed E-state index contributed by atoms with van der Waals surface area (Å²) in [6.07, 6.45) is 2.60. The molecule has 0 spiro atoms. The highest BCUT2D eigenvalue weighted by Gasteiger charge is 2.20. The summed E-state index contributed by atoms with van der Waals surface area (Å²) in [7, 11) is 1.66. The van der Waals surface area contributed by atoms with Crippen LogP contribution < -0.4 is 14.8 Å². The van der Waals surface area contributed by atoms with E-state index in [4.69, 9.17) is 14.2 Å². The number of hydrogen-bond donors (Lipinski definition) is 1. The number of hydrogen-bond acceptors (Lipinski definition) is 4. The van der Waals surface area contributed by atoms with Gasteiger partial charge < -0.3 is 19.5 Å². The Labute approximate surface area is 115 Å². The zero-order valence-electron chi connectivity index (χ0n) is 11.8. The van der Waals surface area contributed by atoms with Gasteiger partial charge in [-0.1, -0.05) is 6.07 Å². The van der Waals surface area contributed by atoms with E-state index < -0.39 is 0 Å². The third kappa shape index (κ3) is 4.73. The summed E-state index contributed by atoms with van der Waals surface area (Å²) in [6.45, 7) is 4.72. The maximum absolute atomic E-state index is 5.72. The van der Waals surface area contributed by atoms with E-state index in [0.29, 0.717) is 25.9 Å². The second-order valence-corrected chi connectivity index (χ2v) is 4.69. The molecule has 0 aromatic heterocycles. The van der Waals surface area contributed by atoms with E-state index in [1.54, 1.807) is 7.11 Å². The van der Waals surface area contributed by atoms with Crippen LogP contribution in [-0.2, 0) is 11.3 Å². The normalized spacial score (nSPS) is 14.4. The molecule has 2 rings (SSSR count). The van der Waals surface area contributed by atoms with E-state index >= 15 is 0 Å². The molecule has 1 N–H and O–H groups in total. The minimum absolute atomic E-state index is 0.545. The predicted octanol–water partition coefficient (Wildman–Crippen LogP) is 2.36. The highest BCUT2D eigenvalue weighted by atomic mass is 16.5. The van der Waals surface area contributed by atoms with Crippen LogP contribution in [0.4, 0.5) is 0 Å². The van der Waals surface area contributed by atoms with Crippen LogP contribution >= 0.6 is 0 Å². The molecule has 4 heteroatoms. The van der Waals surface area contributed by atoms with Crippen LogP contribution in [0.2, 0.25) is 0 Å². The van der Waals surface area contributed by atoms with Gasteiger partial charge in [-0.3, -0.25) is 0 Å². The largest absolute Gasteiger partial charge is 0.493 e. The Kier molecular flexibility index (Phi) is 5.48. The molecule has 1 aromatic carbocycles. The number of benzene rings is 1. The Morgan fingerprint density at radius 3 is 2.74 bits per heavy atom. The summed E-state index contributed by atoms with van der Waals surface area (Å²) in [5, 5.41) is 3.49. The smallest absolute Gasteiger partial charge is 0.161 e. The Balaban J connectivity index is 1.90.